The van der Waals surface area contributed by atoms with Crippen LogP contribution in [0.2, 0.25) is 15.1 Å². The fraction of sp³-hybridized carbons (Fsp3) is 0.192. The minimum Gasteiger partial charge on any atom is -0.326 e. The molecule has 6 nitrogen and oxygen atoms in total. The quantitative estimate of drug-likeness (QED) is 0.234. The van der Waals surface area contributed by atoms with Gasteiger partial charge in [-0.1, -0.05) is 40.9 Å². The molecule has 3 N–H and O–H groups in total. The van der Waals surface area contributed by atoms with Crippen molar-refractivity contribution in [1.29, 1.82) is 0 Å². The van der Waals surface area contributed by atoms with Gasteiger partial charge in [-0.2, -0.15) is 13.2 Å². The smallest absolute Gasteiger partial charge is 0.326 e. The molecule has 0 heterocycles. The number of benzene rings is 3. The minimum absolute atomic E-state index is 0.00755. The predicted molar refractivity (Wildman–Crippen MR) is 151 cm³/mol. The summed E-state index contributed by atoms with van der Waals surface area (Å²) >= 11 is 31.1. The Morgan fingerprint density at radius 1 is 0.800 bits per heavy atom. The number of aryl methyl sites for hydroxylation is 1. The van der Waals surface area contributed by atoms with Gasteiger partial charge in [0.2, 0.25) is 5.91 Å². The van der Waals surface area contributed by atoms with Crippen LogP contribution in [0.5, 0.6) is 0 Å². The highest BCUT2D eigenvalue weighted by Crippen LogP contribution is 2.65. The van der Waals surface area contributed by atoms with Crippen LogP contribution in [0.15, 0.2) is 54.6 Å². The summed E-state index contributed by atoms with van der Waals surface area (Å²) in [4.78, 5) is 37.2. The number of alkyl halides is 5. The fourth-order valence-electron chi connectivity index (χ4n) is 4.04. The van der Waals surface area contributed by atoms with Crippen molar-refractivity contribution >= 4 is 92.8 Å². The standard InChI is InChI=1S/C26H17Cl5F3N3O3/c1-11-8-13(36-24(40)26(32,33)34)4-7-19(11)37-22(38)15-10-14(3-6-16(15)27)35-23(39)21-20(25(21,30)31)12-2-5-17(28)18(29)9-12/h2-10,20-21H,1H3,(H,35,39)(H,36,40)(H,37,38). The van der Waals surface area contributed by atoms with Crippen LogP contribution in [0.1, 0.15) is 27.4 Å². The normalized spacial score (nSPS) is 17.6. The number of carbonyl (C=O) groups is 3. The zero-order valence-electron chi connectivity index (χ0n) is 20.1. The summed E-state index contributed by atoms with van der Waals surface area (Å²) in [5.74, 6) is -4.64. The van der Waals surface area contributed by atoms with Crippen molar-refractivity contribution in [1.82, 2.24) is 0 Å². The molecule has 0 spiro atoms. The van der Waals surface area contributed by atoms with Crippen molar-refractivity contribution in [3.05, 3.63) is 86.4 Å². The zero-order valence-corrected chi connectivity index (χ0v) is 23.9. The third-order valence-electron chi connectivity index (χ3n) is 6.11. The lowest BCUT2D eigenvalue weighted by Gasteiger charge is -2.13. The third-order valence-corrected chi connectivity index (χ3v) is 8.12. The lowest BCUT2D eigenvalue weighted by atomic mass is 10.1. The first-order valence-electron chi connectivity index (χ1n) is 11.3. The molecular weight excluding hydrogens is 637 g/mol. The Morgan fingerprint density at radius 2 is 1.43 bits per heavy atom. The van der Waals surface area contributed by atoms with E-state index < -0.39 is 40.1 Å². The predicted octanol–water partition coefficient (Wildman–Crippen LogP) is 8.23. The first kappa shape index (κ1) is 30.3. The molecule has 3 amide bonds. The van der Waals surface area contributed by atoms with Crippen LogP contribution in [-0.2, 0) is 9.59 Å². The molecule has 210 valence electrons. The average molecular weight is 654 g/mol. The lowest BCUT2D eigenvalue weighted by Crippen LogP contribution is -2.29. The van der Waals surface area contributed by atoms with Crippen molar-refractivity contribution in [3.8, 4) is 0 Å². The van der Waals surface area contributed by atoms with Crippen LogP contribution in [0, 0.1) is 12.8 Å². The SMILES string of the molecule is Cc1cc(NC(=O)C(F)(F)F)ccc1NC(=O)c1cc(NC(=O)C2C(c3ccc(Cl)c(Cl)c3)C2(Cl)Cl)ccc1Cl. The van der Waals surface area contributed by atoms with Gasteiger partial charge in [0.15, 0.2) is 0 Å². The minimum atomic E-state index is -5.04. The Bertz CT molecular complexity index is 1530. The highest BCUT2D eigenvalue weighted by molar-refractivity contribution is 6.53. The highest BCUT2D eigenvalue weighted by atomic mass is 35.5. The third kappa shape index (κ3) is 6.44. The Morgan fingerprint density at radius 3 is 2.05 bits per heavy atom. The van der Waals surface area contributed by atoms with Gasteiger partial charge in [-0.15, -0.1) is 23.2 Å². The second-order valence-corrected chi connectivity index (χ2v) is 11.6. The lowest BCUT2D eigenvalue weighted by molar-refractivity contribution is -0.167. The molecule has 1 aliphatic rings. The molecule has 14 heteroatoms. The molecule has 1 fully saturated rings. The summed E-state index contributed by atoms with van der Waals surface area (Å²) < 4.78 is 36.1. The number of carbonyl (C=O) groups excluding carboxylic acids is 3. The fourth-order valence-corrected chi connectivity index (χ4v) is 5.38. The Balaban J connectivity index is 1.46. The molecule has 0 bridgehead atoms. The van der Waals surface area contributed by atoms with Gasteiger partial charge in [0.05, 0.1) is 26.5 Å². The molecule has 0 radical (unpaired) electrons. The van der Waals surface area contributed by atoms with Crippen LogP contribution in [0.25, 0.3) is 0 Å². The number of halogens is 8. The molecule has 40 heavy (non-hydrogen) atoms. The summed E-state index contributed by atoms with van der Waals surface area (Å²) in [6, 6.07) is 12.9. The number of amides is 3. The van der Waals surface area contributed by atoms with Gasteiger partial charge >= 0.3 is 12.1 Å². The van der Waals surface area contributed by atoms with Crippen molar-refractivity contribution < 1.29 is 27.6 Å². The Hall–Kier alpha value is -2.69. The van der Waals surface area contributed by atoms with E-state index in [1.807, 2.05) is 0 Å². The van der Waals surface area contributed by atoms with Crippen molar-refractivity contribution in [2.45, 2.75) is 23.4 Å². The van der Waals surface area contributed by atoms with E-state index in [2.05, 4.69) is 10.6 Å². The summed E-state index contributed by atoms with van der Waals surface area (Å²) in [5, 5.41) is 7.74. The Kier molecular flexibility index (Phi) is 8.55. The van der Waals surface area contributed by atoms with Crippen LogP contribution < -0.4 is 16.0 Å². The molecule has 2 unspecified atom stereocenters. The number of rotatable bonds is 6. The summed E-state index contributed by atoms with van der Waals surface area (Å²) in [5.41, 5.74) is 1.41. The van der Waals surface area contributed by atoms with Gasteiger partial charge in [0.1, 0.15) is 4.33 Å². The van der Waals surface area contributed by atoms with E-state index in [1.165, 1.54) is 43.3 Å². The van der Waals surface area contributed by atoms with Gasteiger partial charge in [0, 0.05) is 23.0 Å². The van der Waals surface area contributed by atoms with E-state index in [0.29, 0.717) is 21.2 Å². The highest BCUT2D eigenvalue weighted by Gasteiger charge is 2.67. The van der Waals surface area contributed by atoms with E-state index in [0.717, 1.165) is 0 Å². The summed E-state index contributed by atoms with van der Waals surface area (Å²) in [6.45, 7) is 1.53. The van der Waals surface area contributed by atoms with E-state index in [-0.39, 0.29) is 27.6 Å². The number of anilines is 3. The zero-order chi connectivity index (χ0) is 29.6. The number of hydrogen-bond acceptors (Lipinski definition) is 3. The maximum absolute atomic E-state index is 13.0. The van der Waals surface area contributed by atoms with Crippen molar-refractivity contribution in [3.63, 3.8) is 0 Å². The molecule has 3 aromatic carbocycles. The first-order valence-corrected chi connectivity index (χ1v) is 13.2. The van der Waals surface area contributed by atoms with Gasteiger partial charge in [-0.3, -0.25) is 14.4 Å². The van der Waals surface area contributed by atoms with Crippen molar-refractivity contribution in [2.24, 2.45) is 5.92 Å². The second-order valence-electron chi connectivity index (χ2n) is 8.92. The molecule has 1 aliphatic carbocycles. The van der Waals surface area contributed by atoms with E-state index >= 15 is 0 Å². The molecule has 0 aliphatic heterocycles. The number of nitrogens with one attached hydrogen (secondary N) is 3. The average Bonchev–Trinajstić information content (AvgIpc) is 3.44. The van der Waals surface area contributed by atoms with Crippen LogP contribution >= 0.6 is 58.0 Å². The Labute approximate surface area is 251 Å². The van der Waals surface area contributed by atoms with E-state index in [1.54, 1.807) is 23.5 Å². The van der Waals surface area contributed by atoms with Gasteiger partial charge in [-0.05, 0) is 66.6 Å². The molecule has 3 aromatic rings. The van der Waals surface area contributed by atoms with Crippen LogP contribution in [0.3, 0.4) is 0 Å². The van der Waals surface area contributed by atoms with Crippen LogP contribution in [-0.4, -0.2) is 28.2 Å². The van der Waals surface area contributed by atoms with Gasteiger partial charge < -0.3 is 16.0 Å². The maximum Gasteiger partial charge on any atom is 0.471 e. The second kappa shape index (κ2) is 11.3. The molecule has 2 atom stereocenters. The summed E-state index contributed by atoms with van der Waals surface area (Å²) in [6.07, 6.45) is -5.04. The topological polar surface area (TPSA) is 87.3 Å². The van der Waals surface area contributed by atoms with Crippen LogP contribution in [0.4, 0.5) is 30.2 Å². The van der Waals surface area contributed by atoms with E-state index in [9.17, 15) is 27.6 Å². The molecule has 1 saturated carbocycles. The largest absolute Gasteiger partial charge is 0.471 e. The number of hydrogen-bond donors (Lipinski definition) is 3. The van der Waals surface area contributed by atoms with E-state index in [4.69, 9.17) is 58.0 Å². The molecule has 0 saturated heterocycles. The van der Waals surface area contributed by atoms with Gasteiger partial charge in [-0.25, -0.2) is 0 Å². The summed E-state index contributed by atoms with van der Waals surface area (Å²) in [7, 11) is 0. The monoisotopic (exact) mass is 651 g/mol. The molecule has 0 aromatic heterocycles. The molecular formula is C26H17Cl5F3N3O3. The first-order chi connectivity index (χ1) is 18.6. The van der Waals surface area contributed by atoms with Gasteiger partial charge in [0.25, 0.3) is 5.91 Å². The maximum atomic E-state index is 13.0. The molecule has 4 rings (SSSR count). The van der Waals surface area contributed by atoms with Crippen molar-refractivity contribution in [2.75, 3.05) is 16.0 Å².